The molecule has 0 unspecified atom stereocenters. The van der Waals surface area contributed by atoms with E-state index in [1.165, 1.54) is 4.90 Å². The average molecular weight is 441 g/mol. The Bertz CT molecular complexity index is 1150. The second-order valence-electron chi connectivity index (χ2n) is 8.18. The predicted octanol–water partition coefficient (Wildman–Crippen LogP) is 5.28. The van der Waals surface area contributed by atoms with E-state index in [1.54, 1.807) is 0 Å². The van der Waals surface area contributed by atoms with Gasteiger partial charge >= 0.3 is 0 Å². The minimum absolute atomic E-state index is 0.0512. The van der Waals surface area contributed by atoms with Crippen LogP contribution in [-0.4, -0.2) is 29.4 Å². The average Bonchev–Trinajstić information content (AvgIpc) is 3.06. The van der Waals surface area contributed by atoms with Gasteiger partial charge in [-0.1, -0.05) is 60.7 Å². The fourth-order valence-electron chi connectivity index (χ4n) is 4.03. The number of likely N-dealkylation sites (N-methyl/N-ethyl adjacent to an activating group) is 1. The SMILES string of the molecule is CCN(C1=C(c2ccc(OC(C)C)cc2)C(=O)N(Cc2ccccc2)C1=O)c1ccccc1. The van der Waals surface area contributed by atoms with Crippen LogP contribution >= 0.6 is 0 Å². The zero-order valence-corrected chi connectivity index (χ0v) is 19.2. The van der Waals surface area contributed by atoms with Crippen molar-refractivity contribution in [1.82, 2.24) is 4.90 Å². The third kappa shape index (κ3) is 4.67. The van der Waals surface area contributed by atoms with E-state index in [0.29, 0.717) is 23.4 Å². The van der Waals surface area contributed by atoms with Crippen LogP contribution in [0.4, 0.5) is 5.69 Å². The number of imide groups is 1. The van der Waals surface area contributed by atoms with Gasteiger partial charge in [0.05, 0.1) is 18.2 Å². The van der Waals surface area contributed by atoms with Crippen molar-refractivity contribution in [2.24, 2.45) is 0 Å². The van der Waals surface area contributed by atoms with Crippen LogP contribution < -0.4 is 9.64 Å². The molecule has 0 saturated carbocycles. The van der Waals surface area contributed by atoms with Crippen LogP contribution in [-0.2, 0) is 16.1 Å². The second kappa shape index (κ2) is 9.74. The summed E-state index contributed by atoms with van der Waals surface area (Å²) in [6.45, 7) is 6.69. The van der Waals surface area contributed by atoms with Gasteiger partial charge in [0.2, 0.25) is 0 Å². The Morgan fingerprint density at radius 2 is 1.42 bits per heavy atom. The molecule has 1 heterocycles. The summed E-state index contributed by atoms with van der Waals surface area (Å²) in [4.78, 5) is 30.6. The first kappa shape index (κ1) is 22.3. The highest BCUT2D eigenvalue weighted by Crippen LogP contribution is 2.35. The van der Waals surface area contributed by atoms with E-state index in [4.69, 9.17) is 4.74 Å². The standard InChI is InChI=1S/C28H28N2O3/c1-4-29(23-13-9-6-10-14-23)26-25(22-15-17-24(18-16-22)33-20(2)3)27(31)30(28(26)32)19-21-11-7-5-8-12-21/h5-18,20H,4,19H2,1-3H3. The quantitative estimate of drug-likeness (QED) is 0.447. The number of ether oxygens (including phenoxy) is 1. The van der Waals surface area contributed by atoms with Crippen LogP contribution in [0.5, 0.6) is 5.75 Å². The number of benzene rings is 3. The number of carbonyl (C=O) groups excluding carboxylic acids is 2. The topological polar surface area (TPSA) is 49.9 Å². The zero-order chi connectivity index (χ0) is 23.4. The molecule has 1 aliphatic heterocycles. The maximum absolute atomic E-state index is 13.7. The molecule has 0 aliphatic carbocycles. The van der Waals surface area contributed by atoms with Crippen molar-refractivity contribution in [2.75, 3.05) is 11.4 Å². The third-order valence-corrected chi connectivity index (χ3v) is 5.50. The highest BCUT2D eigenvalue weighted by molar-refractivity contribution is 6.36. The molecule has 4 rings (SSSR count). The molecule has 0 atom stereocenters. The van der Waals surface area contributed by atoms with E-state index in [9.17, 15) is 9.59 Å². The number of nitrogens with zero attached hydrogens (tertiary/aromatic N) is 2. The second-order valence-corrected chi connectivity index (χ2v) is 8.18. The molecule has 2 amide bonds. The lowest BCUT2D eigenvalue weighted by atomic mass is 10.0. The molecule has 0 N–H and O–H groups in total. The largest absolute Gasteiger partial charge is 0.491 e. The van der Waals surface area contributed by atoms with Gasteiger partial charge in [-0.3, -0.25) is 14.5 Å². The maximum atomic E-state index is 13.7. The van der Waals surface area contributed by atoms with Crippen molar-refractivity contribution in [3.05, 3.63) is 102 Å². The summed E-state index contributed by atoms with van der Waals surface area (Å²) in [7, 11) is 0. The van der Waals surface area contributed by atoms with Gasteiger partial charge < -0.3 is 9.64 Å². The molecule has 0 bridgehead atoms. The molecule has 0 aromatic heterocycles. The van der Waals surface area contributed by atoms with E-state index in [1.807, 2.05) is 111 Å². The number of hydrogen-bond acceptors (Lipinski definition) is 4. The van der Waals surface area contributed by atoms with Gasteiger partial charge in [0.1, 0.15) is 11.4 Å². The molecule has 3 aromatic carbocycles. The normalized spacial score (nSPS) is 13.8. The molecule has 5 nitrogen and oxygen atoms in total. The number of para-hydroxylation sites is 1. The van der Waals surface area contributed by atoms with Crippen LogP contribution in [0.2, 0.25) is 0 Å². The van der Waals surface area contributed by atoms with Gasteiger partial charge in [0.25, 0.3) is 11.8 Å². The van der Waals surface area contributed by atoms with Crippen LogP contribution in [0.1, 0.15) is 31.9 Å². The Labute approximate surface area is 194 Å². The van der Waals surface area contributed by atoms with Crippen LogP contribution in [0, 0.1) is 0 Å². The molecule has 168 valence electrons. The predicted molar refractivity (Wildman–Crippen MR) is 131 cm³/mol. The number of hydrogen-bond donors (Lipinski definition) is 0. The third-order valence-electron chi connectivity index (χ3n) is 5.50. The van der Waals surface area contributed by atoms with Crippen molar-refractivity contribution in [3.63, 3.8) is 0 Å². The molecule has 3 aromatic rings. The van der Waals surface area contributed by atoms with Crippen LogP contribution in [0.15, 0.2) is 90.6 Å². The van der Waals surface area contributed by atoms with Crippen molar-refractivity contribution >= 4 is 23.1 Å². The molecule has 1 aliphatic rings. The van der Waals surface area contributed by atoms with Crippen LogP contribution in [0.25, 0.3) is 5.57 Å². The monoisotopic (exact) mass is 440 g/mol. The van der Waals surface area contributed by atoms with E-state index in [0.717, 1.165) is 17.0 Å². The first-order valence-corrected chi connectivity index (χ1v) is 11.2. The summed E-state index contributed by atoms with van der Waals surface area (Å²) >= 11 is 0. The molecule has 0 radical (unpaired) electrons. The van der Waals surface area contributed by atoms with Crippen LogP contribution in [0.3, 0.4) is 0 Å². The number of carbonyl (C=O) groups is 2. The van der Waals surface area contributed by atoms with Crippen molar-refractivity contribution < 1.29 is 14.3 Å². The Morgan fingerprint density at radius 3 is 2.00 bits per heavy atom. The summed E-state index contributed by atoms with van der Waals surface area (Å²) in [6, 6.07) is 26.7. The van der Waals surface area contributed by atoms with Gasteiger partial charge in [-0.25, -0.2) is 0 Å². The highest BCUT2D eigenvalue weighted by atomic mass is 16.5. The first-order valence-electron chi connectivity index (χ1n) is 11.2. The zero-order valence-electron chi connectivity index (χ0n) is 19.2. The van der Waals surface area contributed by atoms with Gasteiger partial charge in [-0.05, 0) is 56.2 Å². The molecule has 5 heteroatoms. The summed E-state index contributed by atoms with van der Waals surface area (Å²) in [6.07, 6.45) is 0.0512. The van der Waals surface area contributed by atoms with Crippen molar-refractivity contribution in [3.8, 4) is 5.75 Å². The fraction of sp³-hybridized carbons (Fsp3) is 0.214. The first-order chi connectivity index (χ1) is 16.0. The van der Waals surface area contributed by atoms with E-state index in [2.05, 4.69) is 0 Å². The van der Waals surface area contributed by atoms with E-state index >= 15 is 0 Å². The molecule has 33 heavy (non-hydrogen) atoms. The lowest BCUT2D eigenvalue weighted by Crippen LogP contribution is -2.34. The minimum Gasteiger partial charge on any atom is -0.491 e. The van der Waals surface area contributed by atoms with Gasteiger partial charge in [-0.15, -0.1) is 0 Å². The summed E-state index contributed by atoms with van der Waals surface area (Å²) in [5.41, 5.74) is 3.29. The smallest absolute Gasteiger partial charge is 0.278 e. The Kier molecular flexibility index (Phi) is 6.59. The van der Waals surface area contributed by atoms with Crippen molar-refractivity contribution in [1.29, 1.82) is 0 Å². The van der Waals surface area contributed by atoms with E-state index in [-0.39, 0.29) is 24.5 Å². The van der Waals surface area contributed by atoms with Gasteiger partial charge in [0.15, 0.2) is 0 Å². The Hall–Kier alpha value is -3.86. The molecule has 0 saturated heterocycles. The summed E-state index contributed by atoms with van der Waals surface area (Å²) < 4.78 is 5.76. The summed E-state index contributed by atoms with van der Waals surface area (Å²) in [5, 5.41) is 0. The number of anilines is 1. The maximum Gasteiger partial charge on any atom is 0.278 e. The Balaban J connectivity index is 1.79. The minimum atomic E-state index is -0.286. The number of amides is 2. The fourth-order valence-corrected chi connectivity index (χ4v) is 4.03. The molecule has 0 fully saturated rings. The van der Waals surface area contributed by atoms with Gasteiger partial charge in [-0.2, -0.15) is 0 Å². The Morgan fingerprint density at radius 1 is 0.818 bits per heavy atom. The molecule has 0 spiro atoms. The highest BCUT2D eigenvalue weighted by Gasteiger charge is 2.41. The summed E-state index contributed by atoms with van der Waals surface area (Å²) in [5.74, 6) is 0.155. The van der Waals surface area contributed by atoms with Gasteiger partial charge in [0, 0.05) is 12.2 Å². The lowest BCUT2D eigenvalue weighted by Gasteiger charge is -2.25. The van der Waals surface area contributed by atoms with Crippen molar-refractivity contribution in [2.45, 2.75) is 33.4 Å². The van der Waals surface area contributed by atoms with E-state index < -0.39 is 0 Å². The number of rotatable bonds is 8. The lowest BCUT2D eigenvalue weighted by molar-refractivity contribution is -0.137. The molecular weight excluding hydrogens is 412 g/mol. The molecular formula is C28H28N2O3.